The normalized spacial score (nSPS) is 15.0. The summed E-state index contributed by atoms with van der Waals surface area (Å²) in [7, 11) is 0. The van der Waals surface area contributed by atoms with Gasteiger partial charge in [-0.15, -0.1) is 11.3 Å². The first-order valence-corrected chi connectivity index (χ1v) is 14.2. The van der Waals surface area contributed by atoms with Crippen molar-refractivity contribution in [3.63, 3.8) is 0 Å². The van der Waals surface area contributed by atoms with Crippen molar-refractivity contribution in [3.8, 4) is 5.69 Å². The minimum Gasteiger partial charge on any atom is -0.325 e. The summed E-state index contributed by atoms with van der Waals surface area (Å²) in [5, 5.41) is 4.11. The Balaban J connectivity index is 1.51. The number of aryl methyl sites for hydroxylation is 3. The largest absolute Gasteiger partial charge is 0.325 e. The van der Waals surface area contributed by atoms with Crippen molar-refractivity contribution in [3.05, 3.63) is 79.9 Å². The third kappa shape index (κ3) is 5.13. The van der Waals surface area contributed by atoms with E-state index >= 15 is 0 Å². The average molecular weight is 532 g/mol. The van der Waals surface area contributed by atoms with Gasteiger partial charge in [-0.3, -0.25) is 19.0 Å². The van der Waals surface area contributed by atoms with Crippen molar-refractivity contribution < 1.29 is 9.59 Å². The van der Waals surface area contributed by atoms with Crippen LogP contribution in [0.4, 0.5) is 5.69 Å². The Bertz CT molecular complexity index is 1580. The lowest BCUT2D eigenvalue weighted by molar-refractivity contribution is -0.113. The molecule has 190 valence electrons. The second-order valence-corrected chi connectivity index (χ2v) is 11.9. The molecule has 0 fully saturated rings. The molecule has 5 rings (SSSR count). The number of thiophene rings is 1. The molecule has 1 aliphatic rings. The summed E-state index contributed by atoms with van der Waals surface area (Å²) in [5.74, 6) is 0.467. The maximum atomic E-state index is 14.0. The number of thioether (sulfide) groups is 1. The van der Waals surface area contributed by atoms with Gasteiger partial charge in [0.05, 0.1) is 16.8 Å². The van der Waals surface area contributed by atoms with Crippen molar-refractivity contribution in [1.82, 2.24) is 9.55 Å². The van der Waals surface area contributed by atoms with Gasteiger partial charge in [-0.25, -0.2) is 4.98 Å². The van der Waals surface area contributed by atoms with Gasteiger partial charge in [-0.05, 0) is 93.0 Å². The van der Waals surface area contributed by atoms with Gasteiger partial charge in [-0.1, -0.05) is 30.8 Å². The topological polar surface area (TPSA) is 81.1 Å². The lowest BCUT2D eigenvalue weighted by atomic mass is 9.89. The van der Waals surface area contributed by atoms with Gasteiger partial charge in [-0.2, -0.15) is 0 Å². The van der Waals surface area contributed by atoms with Crippen molar-refractivity contribution >= 4 is 50.7 Å². The second kappa shape index (κ2) is 10.3. The number of carbonyl (C=O) groups excluding carboxylic acids is 2. The van der Waals surface area contributed by atoms with Gasteiger partial charge in [0.25, 0.3) is 5.56 Å². The molecule has 2 aromatic carbocycles. The summed E-state index contributed by atoms with van der Waals surface area (Å²) in [6.07, 6.45) is 2.95. The zero-order chi connectivity index (χ0) is 26.3. The van der Waals surface area contributed by atoms with Crippen LogP contribution in [0.25, 0.3) is 15.9 Å². The van der Waals surface area contributed by atoms with Gasteiger partial charge in [0.1, 0.15) is 4.83 Å². The Morgan fingerprint density at radius 1 is 1.16 bits per heavy atom. The Labute approximate surface area is 224 Å². The molecule has 4 aromatic rings. The van der Waals surface area contributed by atoms with Crippen LogP contribution in [-0.4, -0.2) is 27.0 Å². The number of anilines is 1. The first kappa shape index (κ1) is 25.4. The Hall–Kier alpha value is -3.23. The molecule has 1 aliphatic carbocycles. The highest BCUT2D eigenvalue weighted by atomic mass is 32.2. The fraction of sp³-hybridized carbons (Fsp3) is 0.310. The van der Waals surface area contributed by atoms with Crippen LogP contribution in [0, 0.1) is 19.8 Å². The van der Waals surface area contributed by atoms with Crippen LogP contribution in [-0.2, 0) is 17.6 Å². The van der Waals surface area contributed by atoms with E-state index in [-0.39, 0.29) is 23.0 Å². The van der Waals surface area contributed by atoms with Crippen LogP contribution in [0.2, 0.25) is 0 Å². The fourth-order valence-electron chi connectivity index (χ4n) is 4.76. The van der Waals surface area contributed by atoms with E-state index in [0.717, 1.165) is 51.9 Å². The number of benzene rings is 2. The molecule has 1 atom stereocenters. The lowest BCUT2D eigenvalue weighted by Crippen LogP contribution is -2.24. The molecule has 0 aliphatic heterocycles. The quantitative estimate of drug-likeness (QED) is 0.184. The molecule has 1 N–H and O–H groups in total. The Morgan fingerprint density at radius 3 is 2.65 bits per heavy atom. The molecule has 6 nitrogen and oxygen atoms in total. The van der Waals surface area contributed by atoms with E-state index < -0.39 is 0 Å². The van der Waals surface area contributed by atoms with Crippen LogP contribution in [0.1, 0.15) is 52.2 Å². The summed E-state index contributed by atoms with van der Waals surface area (Å²) in [4.78, 5) is 45.3. The number of fused-ring (bicyclic) bond motifs is 3. The number of ketones is 1. The fourth-order valence-corrected chi connectivity index (χ4v) is 6.99. The number of aromatic nitrogens is 2. The van der Waals surface area contributed by atoms with E-state index in [2.05, 4.69) is 12.2 Å². The molecule has 2 heterocycles. The van der Waals surface area contributed by atoms with E-state index in [1.54, 1.807) is 40.2 Å². The van der Waals surface area contributed by atoms with Gasteiger partial charge >= 0.3 is 0 Å². The molecule has 8 heteroatoms. The average Bonchev–Trinajstić information content (AvgIpc) is 3.22. The lowest BCUT2D eigenvalue weighted by Gasteiger charge is -2.18. The van der Waals surface area contributed by atoms with Gasteiger partial charge < -0.3 is 5.32 Å². The minimum atomic E-state index is -0.207. The van der Waals surface area contributed by atoms with E-state index in [1.807, 2.05) is 32.0 Å². The van der Waals surface area contributed by atoms with Gasteiger partial charge in [0.15, 0.2) is 10.9 Å². The summed E-state index contributed by atoms with van der Waals surface area (Å²) >= 11 is 2.88. The van der Waals surface area contributed by atoms with Crippen LogP contribution >= 0.6 is 23.1 Å². The number of amides is 1. The molecule has 0 radical (unpaired) electrons. The highest BCUT2D eigenvalue weighted by molar-refractivity contribution is 7.99. The van der Waals surface area contributed by atoms with Crippen LogP contribution < -0.4 is 10.9 Å². The summed E-state index contributed by atoms with van der Waals surface area (Å²) in [6, 6.07) is 12.9. The van der Waals surface area contributed by atoms with E-state index in [0.29, 0.717) is 22.3 Å². The van der Waals surface area contributed by atoms with Gasteiger partial charge in [0.2, 0.25) is 5.91 Å². The number of carbonyl (C=O) groups is 2. The molecule has 2 aromatic heterocycles. The monoisotopic (exact) mass is 531 g/mol. The molecular weight excluding hydrogens is 502 g/mol. The summed E-state index contributed by atoms with van der Waals surface area (Å²) in [5.41, 5.74) is 5.12. The number of hydrogen-bond acceptors (Lipinski definition) is 6. The summed E-state index contributed by atoms with van der Waals surface area (Å²) < 4.78 is 1.69. The van der Waals surface area contributed by atoms with Crippen molar-refractivity contribution in [1.29, 1.82) is 0 Å². The SMILES string of the molecule is CC(=O)c1ccc(NC(=O)CSc2nc3sc4c(c3c(=O)n2-c2cc(C)ccc2C)CCC(C)C4)cc1. The molecular formula is C29H29N3O3S2. The zero-order valence-electron chi connectivity index (χ0n) is 21.4. The molecule has 0 bridgehead atoms. The zero-order valence-corrected chi connectivity index (χ0v) is 23.0. The Kier molecular flexibility index (Phi) is 7.05. The van der Waals surface area contributed by atoms with Crippen LogP contribution in [0.5, 0.6) is 0 Å². The van der Waals surface area contributed by atoms with Crippen molar-refractivity contribution in [2.24, 2.45) is 5.92 Å². The molecule has 1 amide bonds. The number of Topliss-reactive ketones (excluding diaryl/α,β-unsaturated/α-hetero) is 1. The van der Waals surface area contributed by atoms with Gasteiger partial charge in [0, 0.05) is 16.1 Å². The highest BCUT2D eigenvalue weighted by Gasteiger charge is 2.26. The predicted octanol–water partition coefficient (Wildman–Crippen LogP) is 6.12. The second-order valence-electron chi connectivity index (χ2n) is 9.83. The summed E-state index contributed by atoms with van der Waals surface area (Å²) in [6.45, 7) is 7.75. The van der Waals surface area contributed by atoms with E-state index in [9.17, 15) is 14.4 Å². The molecule has 0 saturated carbocycles. The predicted molar refractivity (Wildman–Crippen MR) is 152 cm³/mol. The van der Waals surface area contributed by atoms with Crippen LogP contribution in [0.15, 0.2) is 52.4 Å². The molecule has 1 unspecified atom stereocenters. The molecule has 0 saturated heterocycles. The van der Waals surface area contributed by atoms with Crippen LogP contribution in [0.3, 0.4) is 0 Å². The first-order chi connectivity index (χ1) is 17.7. The smallest absolute Gasteiger partial charge is 0.267 e. The number of rotatable bonds is 6. The number of nitrogens with zero attached hydrogens (tertiary/aromatic N) is 2. The molecule has 0 spiro atoms. The van der Waals surface area contributed by atoms with Crippen molar-refractivity contribution in [2.45, 2.75) is 52.1 Å². The van der Waals surface area contributed by atoms with Crippen molar-refractivity contribution in [2.75, 3.05) is 11.1 Å². The minimum absolute atomic E-state index is 0.0240. The number of nitrogens with one attached hydrogen (secondary N) is 1. The van der Waals surface area contributed by atoms with E-state index in [4.69, 9.17) is 4.98 Å². The third-order valence-electron chi connectivity index (χ3n) is 6.81. The molecule has 37 heavy (non-hydrogen) atoms. The first-order valence-electron chi connectivity index (χ1n) is 12.4. The standard InChI is InChI=1S/C29H29N3O3S2/c1-16-5-7-18(3)23(13-16)32-28(35)26-22-12-6-17(2)14-24(22)37-27(26)31-29(32)36-15-25(34)30-21-10-8-20(9-11-21)19(4)33/h5,7-11,13,17H,6,12,14-15H2,1-4H3,(H,30,34). The third-order valence-corrected chi connectivity index (χ3v) is 8.90. The maximum absolute atomic E-state index is 14.0. The Morgan fingerprint density at radius 2 is 1.92 bits per heavy atom. The maximum Gasteiger partial charge on any atom is 0.267 e. The van der Waals surface area contributed by atoms with E-state index in [1.165, 1.54) is 23.6 Å². The number of hydrogen-bond donors (Lipinski definition) is 1. The highest BCUT2D eigenvalue weighted by Crippen LogP contribution is 2.37.